The summed E-state index contributed by atoms with van der Waals surface area (Å²) in [5.41, 5.74) is -0.448. The third kappa shape index (κ3) is 3.09. The summed E-state index contributed by atoms with van der Waals surface area (Å²) in [6.45, 7) is 4.49. The summed E-state index contributed by atoms with van der Waals surface area (Å²) in [6.07, 6.45) is 7.62. The van der Waals surface area contributed by atoms with Crippen LogP contribution in [0.4, 0.5) is 4.79 Å². The van der Waals surface area contributed by atoms with E-state index in [0.29, 0.717) is 6.04 Å². The molecular weight excluding hydrogens is 254 g/mol. The molecule has 5 heteroatoms. The number of aliphatic hydroxyl groups is 1. The second-order valence-corrected chi connectivity index (χ2v) is 6.72. The normalized spacial score (nSPS) is 28.6. The van der Waals surface area contributed by atoms with Gasteiger partial charge in [0.1, 0.15) is 0 Å². The Morgan fingerprint density at radius 1 is 1.15 bits per heavy atom. The first-order valence-electron chi connectivity index (χ1n) is 8.16. The fourth-order valence-corrected chi connectivity index (χ4v) is 4.01. The zero-order valence-corrected chi connectivity index (χ0v) is 12.3. The number of nitrogens with one attached hydrogen (secondary N) is 1. The molecule has 0 radical (unpaired) electrons. The minimum atomic E-state index is -0.448. The topological polar surface area (TPSA) is 55.8 Å². The van der Waals surface area contributed by atoms with Gasteiger partial charge in [-0.2, -0.15) is 0 Å². The lowest BCUT2D eigenvalue weighted by atomic mass is 9.84. The monoisotopic (exact) mass is 281 g/mol. The predicted octanol–water partition coefficient (Wildman–Crippen LogP) is 1.17. The average Bonchev–Trinajstić information content (AvgIpc) is 2.86. The van der Waals surface area contributed by atoms with E-state index in [0.717, 1.165) is 58.4 Å². The quantitative estimate of drug-likeness (QED) is 0.816. The zero-order valence-electron chi connectivity index (χ0n) is 12.3. The van der Waals surface area contributed by atoms with E-state index in [9.17, 15) is 9.90 Å². The molecule has 114 valence electrons. The fourth-order valence-electron chi connectivity index (χ4n) is 4.01. The zero-order chi connectivity index (χ0) is 14.0. The van der Waals surface area contributed by atoms with Gasteiger partial charge in [-0.15, -0.1) is 0 Å². The maximum absolute atomic E-state index is 11.7. The second-order valence-electron chi connectivity index (χ2n) is 6.72. The number of β-amino-alcohol motifs (C(OH)–C–C–N with tert-alkyl or cyclic N) is 1. The van der Waals surface area contributed by atoms with Crippen LogP contribution >= 0.6 is 0 Å². The highest BCUT2D eigenvalue weighted by molar-refractivity contribution is 5.76. The number of carbonyl (C=O) groups is 1. The average molecular weight is 281 g/mol. The highest BCUT2D eigenvalue weighted by Crippen LogP contribution is 2.30. The minimum absolute atomic E-state index is 0.106. The van der Waals surface area contributed by atoms with Crippen molar-refractivity contribution < 1.29 is 9.90 Å². The van der Waals surface area contributed by atoms with E-state index in [1.165, 1.54) is 19.3 Å². The lowest BCUT2D eigenvalue weighted by Crippen LogP contribution is -2.51. The first-order chi connectivity index (χ1) is 9.66. The molecule has 20 heavy (non-hydrogen) atoms. The van der Waals surface area contributed by atoms with Crippen LogP contribution in [0.3, 0.4) is 0 Å². The molecule has 2 N–H and O–H groups in total. The number of carbonyl (C=O) groups excluding carboxylic acids is 1. The number of nitrogens with zero attached hydrogens (tertiary/aromatic N) is 2. The molecule has 0 unspecified atom stereocenters. The van der Waals surface area contributed by atoms with E-state index in [4.69, 9.17) is 0 Å². The van der Waals surface area contributed by atoms with Crippen molar-refractivity contribution in [2.45, 2.75) is 56.6 Å². The van der Waals surface area contributed by atoms with Crippen LogP contribution < -0.4 is 5.32 Å². The van der Waals surface area contributed by atoms with Gasteiger partial charge in [0, 0.05) is 38.8 Å². The molecule has 0 aromatic rings. The van der Waals surface area contributed by atoms with Crippen LogP contribution in [0.1, 0.15) is 44.9 Å². The van der Waals surface area contributed by atoms with Crippen molar-refractivity contribution >= 4 is 6.03 Å². The number of hydrogen-bond acceptors (Lipinski definition) is 3. The maximum atomic E-state index is 11.7. The Morgan fingerprint density at radius 3 is 2.45 bits per heavy atom. The van der Waals surface area contributed by atoms with Crippen molar-refractivity contribution in [2.24, 2.45) is 0 Å². The molecule has 0 bridgehead atoms. The van der Waals surface area contributed by atoms with Gasteiger partial charge in [-0.05, 0) is 25.7 Å². The third-order valence-corrected chi connectivity index (χ3v) is 5.19. The molecule has 2 aliphatic heterocycles. The highest BCUT2D eigenvalue weighted by atomic mass is 16.3. The van der Waals surface area contributed by atoms with Crippen LogP contribution in [0.5, 0.6) is 0 Å². The summed E-state index contributed by atoms with van der Waals surface area (Å²) in [7, 11) is 0. The number of urea groups is 1. The van der Waals surface area contributed by atoms with Crippen LogP contribution in [-0.2, 0) is 0 Å². The van der Waals surface area contributed by atoms with Gasteiger partial charge in [0.2, 0.25) is 0 Å². The van der Waals surface area contributed by atoms with E-state index in [1.54, 1.807) is 0 Å². The van der Waals surface area contributed by atoms with Crippen LogP contribution in [0.2, 0.25) is 0 Å². The summed E-state index contributed by atoms with van der Waals surface area (Å²) in [5, 5.41) is 13.5. The Labute approximate surface area is 121 Å². The van der Waals surface area contributed by atoms with Crippen LogP contribution in [0.25, 0.3) is 0 Å². The standard InChI is InChI=1S/C15H27N3O2/c19-14-16-8-11-18(14)13-4-9-17(10-5-13)12-15(20)6-2-1-3-7-15/h13,20H,1-12H2,(H,16,19). The first kappa shape index (κ1) is 14.1. The first-order valence-corrected chi connectivity index (χ1v) is 8.16. The molecule has 1 aliphatic carbocycles. The van der Waals surface area contributed by atoms with Gasteiger partial charge in [-0.3, -0.25) is 0 Å². The molecular formula is C15H27N3O2. The van der Waals surface area contributed by atoms with Crippen molar-refractivity contribution in [2.75, 3.05) is 32.7 Å². The number of hydrogen-bond donors (Lipinski definition) is 2. The summed E-state index contributed by atoms with van der Waals surface area (Å²) in [5.74, 6) is 0. The van der Waals surface area contributed by atoms with Crippen LogP contribution in [0.15, 0.2) is 0 Å². The Kier molecular flexibility index (Phi) is 4.17. The molecule has 2 saturated heterocycles. The van der Waals surface area contributed by atoms with Gasteiger partial charge < -0.3 is 20.2 Å². The fraction of sp³-hybridized carbons (Fsp3) is 0.933. The summed E-state index contributed by atoms with van der Waals surface area (Å²) < 4.78 is 0. The highest BCUT2D eigenvalue weighted by Gasteiger charge is 2.35. The van der Waals surface area contributed by atoms with Gasteiger partial charge in [-0.25, -0.2) is 4.79 Å². The Bertz CT molecular complexity index is 347. The predicted molar refractivity (Wildman–Crippen MR) is 77.6 cm³/mol. The van der Waals surface area contributed by atoms with Crippen molar-refractivity contribution in [1.82, 2.24) is 15.1 Å². The molecule has 3 aliphatic rings. The van der Waals surface area contributed by atoms with E-state index < -0.39 is 5.60 Å². The lowest BCUT2D eigenvalue weighted by molar-refractivity contribution is -0.0334. The third-order valence-electron chi connectivity index (χ3n) is 5.19. The Hall–Kier alpha value is -0.810. The van der Waals surface area contributed by atoms with Gasteiger partial charge in [0.05, 0.1) is 5.60 Å². The van der Waals surface area contributed by atoms with Crippen molar-refractivity contribution in [1.29, 1.82) is 0 Å². The summed E-state index contributed by atoms with van der Waals surface area (Å²) in [4.78, 5) is 16.1. The SMILES string of the molecule is O=C1NCCN1C1CCN(CC2(O)CCCCC2)CC1. The van der Waals surface area contributed by atoms with Crippen LogP contribution in [-0.4, -0.2) is 65.3 Å². The van der Waals surface area contributed by atoms with E-state index >= 15 is 0 Å². The van der Waals surface area contributed by atoms with E-state index in [2.05, 4.69) is 10.2 Å². The summed E-state index contributed by atoms with van der Waals surface area (Å²) in [6, 6.07) is 0.504. The van der Waals surface area contributed by atoms with E-state index in [-0.39, 0.29) is 6.03 Å². The molecule has 0 spiro atoms. The molecule has 3 fully saturated rings. The van der Waals surface area contributed by atoms with Crippen LogP contribution in [0, 0.1) is 0 Å². The molecule has 5 nitrogen and oxygen atoms in total. The van der Waals surface area contributed by atoms with Crippen molar-refractivity contribution in [3.63, 3.8) is 0 Å². The molecule has 0 atom stereocenters. The van der Waals surface area contributed by atoms with E-state index in [1.807, 2.05) is 4.90 Å². The van der Waals surface area contributed by atoms with Gasteiger partial charge >= 0.3 is 6.03 Å². The smallest absolute Gasteiger partial charge is 0.317 e. The molecule has 0 aromatic heterocycles. The van der Waals surface area contributed by atoms with Crippen molar-refractivity contribution in [3.05, 3.63) is 0 Å². The summed E-state index contributed by atoms with van der Waals surface area (Å²) >= 11 is 0. The van der Waals surface area contributed by atoms with Gasteiger partial charge in [0.25, 0.3) is 0 Å². The minimum Gasteiger partial charge on any atom is -0.389 e. The molecule has 0 aromatic carbocycles. The molecule has 2 heterocycles. The maximum Gasteiger partial charge on any atom is 0.317 e. The lowest BCUT2D eigenvalue weighted by Gasteiger charge is -2.41. The molecule has 1 saturated carbocycles. The second kappa shape index (κ2) is 5.90. The number of amides is 2. The molecule has 2 amide bonds. The molecule has 3 rings (SSSR count). The Balaban J connectivity index is 1.47. The number of rotatable bonds is 3. The van der Waals surface area contributed by atoms with Gasteiger partial charge in [-0.1, -0.05) is 19.3 Å². The number of likely N-dealkylation sites (tertiary alicyclic amines) is 1. The number of piperidine rings is 1. The Morgan fingerprint density at radius 2 is 1.85 bits per heavy atom. The van der Waals surface area contributed by atoms with Crippen molar-refractivity contribution in [3.8, 4) is 0 Å². The largest absolute Gasteiger partial charge is 0.389 e. The van der Waals surface area contributed by atoms with Gasteiger partial charge in [0.15, 0.2) is 0 Å².